The lowest BCUT2D eigenvalue weighted by Gasteiger charge is -2.11. The molecule has 0 spiro atoms. The van der Waals surface area contributed by atoms with Crippen LogP contribution < -0.4 is 0 Å². The van der Waals surface area contributed by atoms with E-state index in [2.05, 4.69) is 41.9 Å². The fraction of sp³-hybridized carbons (Fsp3) is 0.250. The smallest absolute Gasteiger partial charge is 0.0574 e. The molecule has 0 saturated heterocycles. The highest BCUT2D eigenvalue weighted by atomic mass is 79.9. The van der Waals surface area contributed by atoms with Crippen molar-refractivity contribution in [2.75, 3.05) is 0 Å². The maximum Gasteiger partial charge on any atom is 0.0574 e. The molecule has 0 amide bonds. The third-order valence-electron chi connectivity index (χ3n) is 3.23. The lowest BCUT2D eigenvalue weighted by atomic mass is 10.0. The molecule has 1 nitrogen and oxygen atoms in total. The molecule has 0 N–H and O–H groups in total. The van der Waals surface area contributed by atoms with Crippen LogP contribution in [-0.4, -0.2) is 4.21 Å². The number of aryl methyl sites for hydroxylation is 2. The Labute approximate surface area is 125 Å². The third kappa shape index (κ3) is 3.54. The van der Waals surface area contributed by atoms with E-state index >= 15 is 0 Å². The van der Waals surface area contributed by atoms with Crippen molar-refractivity contribution in [2.24, 2.45) is 0 Å². The molecular formula is C16H17BrOS. The summed E-state index contributed by atoms with van der Waals surface area (Å²) < 4.78 is 12.3. The number of hydrogen-bond donors (Lipinski definition) is 0. The van der Waals surface area contributed by atoms with Crippen LogP contribution in [-0.2, 0) is 21.9 Å². The molecule has 0 aromatic heterocycles. The minimum absolute atomic E-state index is 0.583. The average Bonchev–Trinajstić information content (AvgIpc) is 2.43. The zero-order chi connectivity index (χ0) is 13.8. The molecule has 2 aromatic carbocycles. The van der Waals surface area contributed by atoms with E-state index in [1.165, 1.54) is 22.3 Å². The van der Waals surface area contributed by atoms with E-state index in [0.717, 1.165) is 10.2 Å². The maximum absolute atomic E-state index is 12.3. The number of halogens is 1. The minimum Gasteiger partial charge on any atom is -0.254 e. The summed E-state index contributed by atoms with van der Waals surface area (Å²) in [4.78, 5) is 0.893. The van der Waals surface area contributed by atoms with Gasteiger partial charge in [-0.2, -0.15) is 0 Å². The molecule has 19 heavy (non-hydrogen) atoms. The Morgan fingerprint density at radius 3 is 2.21 bits per heavy atom. The third-order valence-corrected chi connectivity index (χ3v) is 5.21. The second-order valence-electron chi connectivity index (χ2n) is 4.64. The molecule has 0 heterocycles. The van der Waals surface area contributed by atoms with E-state index in [9.17, 15) is 4.21 Å². The molecule has 0 fully saturated rings. The van der Waals surface area contributed by atoms with Gasteiger partial charge < -0.3 is 0 Å². The van der Waals surface area contributed by atoms with Gasteiger partial charge in [0.15, 0.2) is 0 Å². The Kier molecular flexibility index (Phi) is 4.94. The van der Waals surface area contributed by atoms with Crippen LogP contribution in [0.3, 0.4) is 0 Å². The molecule has 3 heteroatoms. The minimum atomic E-state index is -0.973. The lowest BCUT2D eigenvalue weighted by Crippen LogP contribution is -2.00. The average molecular weight is 337 g/mol. The first kappa shape index (κ1) is 14.5. The highest BCUT2D eigenvalue weighted by Crippen LogP contribution is 2.21. The molecule has 0 aliphatic carbocycles. The number of hydrogen-bond acceptors (Lipinski definition) is 1. The zero-order valence-electron chi connectivity index (χ0n) is 11.2. The fourth-order valence-corrected chi connectivity index (χ4v) is 3.86. The van der Waals surface area contributed by atoms with Gasteiger partial charge in [0.25, 0.3) is 0 Å². The summed E-state index contributed by atoms with van der Waals surface area (Å²) in [7, 11) is -0.973. The molecule has 0 bridgehead atoms. The quantitative estimate of drug-likeness (QED) is 0.751. The predicted molar refractivity (Wildman–Crippen MR) is 85.1 cm³/mol. The molecule has 1 unspecified atom stereocenters. The van der Waals surface area contributed by atoms with Crippen LogP contribution in [0.25, 0.3) is 0 Å². The summed E-state index contributed by atoms with van der Waals surface area (Å²) in [6.07, 6.45) is 0. The van der Waals surface area contributed by atoms with Gasteiger partial charge in [-0.3, -0.25) is 4.21 Å². The van der Waals surface area contributed by atoms with Gasteiger partial charge in [-0.05, 0) is 48.2 Å². The van der Waals surface area contributed by atoms with E-state index in [0.29, 0.717) is 5.75 Å². The largest absolute Gasteiger partial charge is 0.254 e. The van der Waals surface area contributed by atoms with Crippen molar-refractivity contribution in [1.29, 1.82) is 0 Å². The summed E-state index contributed by atoms with van der Waals surface area (Å²) in [5, 5.41) is 0.863. The topological polar surface area (TPSA) is 17.1 Å². The summed E-state index contributed by atoms with van der Waals surface area (Å²) in [6, 6.07) is 14.0. The normalized spacial score (nSPS) is 12.4. The van der Waals surface area contributed by atoms with Crippen LogP contribution in [0.1, 0.15) is 22.3 Å². The molecule has 0 saturated carbocycles. The lowest BCUT2D eigenvalue weighted by molar-refractivity contribution is 0.682. The van der Waals surface area contributed by atoms with Gasteiger partial charge in [-0.1, -0.05) is 46.3 Å². The summed E-state index contributed by atoms with van der Waals surface area (Å²) >= 11 is 3.49. The van der Waals surface area contributed by atoms with Crippen molar-refractivity contribution in [2.45, 2.75) is 29.8 Å². The van der Waals surface area contributed by atoms with E-state index in [1.54, 1.807) is 0 Å². The second kappa shape index (κ2) is 6.49. The molecule has 100 valence electrons. The van der Waals surface area contributed by atoms with Crippen molar-refractivity contribution in [1.82, 2.24) is 0 Å². The van der Waals surface area contributed by atoms with E-state index < -0.39 is 10.8 Å². The maximum atomic E-state index is 12.3. The highest BCUT2D eigenvalue weighted by Gasteiger charge is 2.09. The molecule has 2 rings (SSSR count). The molecule has 1 atom stereocenters. The van der Waals surface area contributed by atoms with Crippen molar-refractivity contribution in [3.63, 3.8) is 0 Å². The molecule has 0 radical (unpaired) electrons. The molecular weight excluding hydrogens is 320 g/mol. The van der Waals surface area contributed by atoms with Crippen LogP contribution in [0.4, 0.5) is 0 Å². The Morgan fingerprint density at radius 2 is 1.58 bits per heavy atom. The Morgan fingerprint density at radius 1 is 1.00 bits per heavy atom. The number of benzene rings is 2. The van der Waals surface area contributed by atoms with Gasteiger partial charge >= 0.3 is 0 Å². The Bertz CT molecular complexity index is 593. The molecule has 0 aliphatic heterocycles. The first-order chi connectivity index (χ1) is 9.11. The van der Waals surface area contributed by atoms with Gasteiger partial charge in [-0.25, -0.2) is 0 Å². The monoisotopic (exact) mass is 336 g/mol. The van der Waals surface area contributed by atoms with Gasteiger partial charge in [0.1, 0.15) is 0 Å². The Balaban J connectivity index is 2.25. The van der Waals surface area contributed by atoms with Crippen LogP contribution in [0.15, 0.2) is 47.4 Å². The van der Waals surface area contributed by atoms with Gasteiger partial charge in [0, 0.05) is 10.2 Å². The van der Waals surface area contributed by atoms with Crippen molar-refractivity contribution < 1.29 is 4.21 Å². The number of rotatable bonds is 4. The molecule has 2 aromatic rings. The molecule has 0 aliphatic rings. The standard InChI is InChI=1S/C16H17BrOS/c1-12-9-15(13(2)8-14(12)10-17)11-19(18)16-6-4-3-5-7-16/h3-9H,10-11H2,1-2H3. The van der Waals surface area contributed by atoms with E-state index in [1.807, 2.05) is 30.3 Å². The van der Waals surface area contributed by atoms with Crippen molar-refractivity contribution in [3.8, 4) is 0 Å². The number of alkyl halides is 1. The van der Waals surface area contributed by atoms with Gasteiger partial charge in [-0.15, -0.1) is 0 Å². The summed E-state index contributed by atoms with van der Waals surface area (Å²) in [5.74, 6) is 0.583. The van der Waals surface area contributed by atoms with Crippen LogP contribution >= 0.6 is 15.9 Å². The van der Waals surface area contributed by atoms with Crippen LogP contribution in [0.5, 0.6) is 0 Å². The second-order valence-corrected chi connectivity index (χ2v) is 6.65. The first-order valence-electron chi connectivity index (χ1n) is 6.20. The predicted octanol–water partition coefficient (Wildman–Crippen LogP) is 4.51. The van der Waals surface area contributed by atoms with Gasteiger partial charge in [0.05, 0.1) is 16.6 Å². The fourth-order valence-electron chi connectivity index (χ4n) is 2.03. The van der Waals surface area contributed by atoms with Crippen molar-refractivity contribution in [3.05, 3.63) is 64.7 Å². The van der Waals surface area contributed by atoms with Crippen molar-refractivity contribution >= 4 is 26.7 Å². The first-order valence-corrected chi connectivity index (χ1v) is 8.64. The Hall–Kier alpha value is -0.930. The van der Waals surface area contributed by atoms with E-state index in [-0.39, 0.29) is 0 Å². The zero-order valence-corrected chi connectivity index (χ0v) is 13.6. The van der Waals surface area contributed by atoms with Gasteiger partial charge in [0.2, 0.25) is 0 Å². The summed E-state index contributed by atoms with van der Waals surface area (Å²) in [6.45, 7) is 4.19. The van der Waals surface area contributed by atoms with Crippen LogP contribution in [0.2, 0.25) is 0 Å². The van der Waals surface area contributed by atoms with E-state index in [4.69, 9.17) is 0 Å². The van der Waals surface area contributed by atoms with Crippen LogP contribution in [0, 0.1) is 13.8 Å². The highest BCUT2D eigenvalue weighted by molar-refractivity contribution is 9.08. The SMILES string of the molecule is Cc1cc(CS(=O)c2ccccc2)c(C)cc1CBr. The summed E-state index contributed by atoms with van der Waals surface area (Å²) in [5.41, 5.74) is 4.93.